The van der Waals surface area contributed by atoms with Gasteiger partial charge >= 0.3 is 0 Å². The van der Waals surface area contributed by atoms with E-state index in [9.17, 15) is 0 Å². The van der Waals surface area contributed by atoms with Crippen molar-refractivity contribution in [2.75, 3.05) is 26.2 Å². The summed E-state index contributed by atoms with van der Waals surface area (Å²) in [6.07, 6.45) is 5.99. The summed E-state index contributed by atoms with van der Waals surface area (Å²) in [6, 6.07) is 22.4. The van der Waals surface area contributed by atoms with Crippen LogP contribution in [0.4, 0.5) is 0 Å². The molecule has 1 aliphatic heterocycles. The lowest BCUT2D eigenvalue weighted by Crippen LogP contribution is -2.53. The Kier molecular flexibility index (Phi) is 6.42. The van der Waals surface area contributed by atoms with E-state index in [0.717, 1.165) is 61.7 Å². The van der Waals surface area contributed by atoms with Gasteiger partial charge in [0.05, 0.1) is 24.0 Å². The van der Waals surface area contributed by atoms with Gasteiger partial charge < -0.3 is 4.57 Å². The largest absolute Gasteiger partial charge is 0.311 e. The fraction of sp³-hybridized carbons (Fsp3) is 0.414. The van der Waals surface area contributed by atoms with E-state index in [0.29, 0.717) is 0 Å². The van der Waals surface area contributed by atoms with Crippen LogP contribution in [0.15, 0.2) is 67.0 Å². The number of aryl methyl sites for hydroxylation is 2. The predicted molar refractivity (Wildman–Crippen MR) is 141 cm³/mol. The zero-order chi connectivity index (χ0) is 24.5. The maximum Gasteiger partial charge on any atom is 0.155 e. The quantitative estimate of drug-likeness (QED) is 0.392. The molecule has 1 saturated heterocycles. The third kappa shape index (κ3) is 4.61. The number of benzene rings is 2. The Morgan fingerprint density at radius 2 is 1.67 bits per heavy atom. The summed E-state index contributed by atoms with van der Waals surface area (Å²) < 4.78 is 4.23. The van der Waals surface area contributed by atoms with Gasteiger partial charge in [0, 0.05) is 37.9 Å². The van der Waals surface area contributed by atoms with E-state index in [1.54, 1.807) is 0 Å². The van der Waals surface area contributed by atoms with Crippen molar-refractivity contribution in [2.45, 2.75) is 51.7 Å². The van der Waals surface area contributed by atoms with E-state index in [4.69, 9.17) is 0 Å². The minimum atomic E-state index is 0.0641. The number of hydrogen-bond acceptors (Lipinski definition) is 5. The molecule has 1 saturated carbocycles. The molecule has 0 radical (unpaired) electrons. The van der Waals surface area contributed by atoms with Gasteiger partial charge in [0.25, 0.3) is 0 Å². The number of nitrogens with zero attached hydrogens (tertiary/aromatic N) is 7. The second-order valence-corrected chi connectivity index (χ2v) is 10.3. The van der Waals surface area contributed by atoms with E-state index in [1.165, 1.54) is 30.4 Å². The normalized spacial score (nSPS) is 18.3. The van der Waals surface area contributed by atoms with Gasteiger partial charge in [-0.15, -0.1) is 10.2 Å². The Morgan fingerprint density at radius 1 is 0.917 bits per heavy atom. The number of piperazine rings is 1. The van der Waals surface area contributed by atoms with Gasteiger partial charge in [0.2, 0.25) is 0 Å². The highest BCUT2D eigenvalue weighted by molar-refractivity contribution is 5.38. The summed E-state index contributed by atoms with van der Waals surface area (Å²) in [6.45, 7) is 9.24. The number of hydrogen-bond donors (Lipinski definition) is 0. The number of rotatable bonds is 7. The Hall–Kier alpha value is -3.29. The molecular weight excluding hydrogens is 446 g/mol. The van der Waals surface area contributed by atoms with E-state index < -0.39 is 0 Å². The molecule has 7 heteroatoms. The molecule has 186 valence electrons. The highest BCUT2D eigenvalue weighted by Crippen LogP contribution is 2.32. The third-order valence-corrected chi connectivity index (χ3v) is 7.85. The Morgan fingerprint density at radius 3 is 2.31 bits per heavy atom. The number of aromatic nitrogens is 5. The lowest BCUT2D eigenvalue weighted by molar-refractivity contribution is 0.0476. The lowest BCUT2D eigenvalue weighted by atomic mass is 9.91. The van der Waals surface area contributed by atoms with Gasteiger partial charge in [-0.1, -0.05) is 48.9 Å². The average molecular weight is 482 g/mol. The third-order valence-electron chi connectivity index (χ3n) is 7.85. The predicted octanol–water partition coefficient (Wildman–Crippen LogP) is 4.39. The molecule has 1 unspecified atom stereocenters. The molecular formula is C29H35N7. The molecule has 1 atom stereocenters. The van der Waals surface area contributed by atoms with E-state index >= 15 is 0 Å². The smallest absolute Gasteiger partial charge is 0.155 e. The van der Waals surface area contributed by atoms with Crippen molar-refractivity contribution in [3.05, 3.63) is 95.3 Å². The van der Waals surface area contributed by atoms with Gasteiger partial charge in [0.1, 0.15) is 6.33 Å². The zero-order valence-corrected chi connectivity index (χ0v) is 21.3. The van der Waals surface area contributed by atoms with Crippen molar-refractivity contribution in [1.82, 2.24) is 34.3 Å². The minimum Gasteiger partial charge on any atom is -0.311 e. The fourth-order valence-corrected chi connectivity index (χ4v) is 5.70. The van der Waals surface area contributed by atoms with Gasteiger partial charge in [-0.05, 0) is 56.0 Å². The van der Waals surface area contributed by atoms with Crippen LogP contribution < -0.4 is 0 Å². The summed E-state index contributed by atoms with van der Waals surface area (Å²) in [4.78, 5) is 5.29. The van der Waals surface area contributed by atoms with E-state index in [-0.39, 0.29) is 6.04 Å². The first kappa shape index (κ1) is 23.1. The van der Waals surface area contributed by atoms with Gasteiger partial charge in [-0.25, -0.2) is 4.68 Å². The first-order valence-electron chi connectivity index (χ1n) is 13.2. The molecule has 0 spiro atoms. The van der Waals surface area contributed by atoms with Crippen molar-refractivity contribution >= 4 is 0 Å². The van der Waals surface area contributed by atoms with Crippen LogP contribution in [-0.4, -0.2) is 66.6 Å². The first-order valence-corrected chi connectivity index (χ1v) is 13.2. The fourth-order valence-electron chi connectivity index (χ4n) is 5.70. The molecule has 2 aliphatic rings. The SMILES string of the molecule is Cc1cc(C)n(-c2ccc(C(c3nncn3Cc3ccccc3)N3CCN(C4CCC4)CC3)cc2)n1. The summed E-state index contributed by atoms with van der Waals surface area (Å²) in [5.74, 6) is 1.01. The van der Waals surface area contributed by atoms with Crippen LogP contribution in [0.3, 0.4) is 0 Å². The topological polar surface area (TPSA) is 55.0 Å². The Labute approximate surface area is 213 Å². The Balaban J connectivity index is 1.31. The molecule has 2 aromatic heterocycles. The monoisotopic (exact) mass is 481 g/mol. The summed E-state index contributed by atoms with van der Waals surface area (Å²) in [5, 5.41) is 13.7. The second kappa shape index (κ2) is 9.99. The average Bonchev–Trinajstić information content (AvgIpc) is 3.45. The van der Waals surface area contributed by atoms with Crippen LogP contribution in [0, 0.1) is 13.8 Å². The molecule has 36 heavy (non-hydrogen) atoms. The maximum atomic E-state index is 4.68. The summed E-state index contributed by atoms with van der Waals surface area (Å²) in [5.41, 5.74) is 5.77. The standard InChI is InChI=1S/C29H35N7/c1-22-19-23(2)36(32-22)27-13-11-25(12-14-27)28(34-17-15-33(16-18-34)26-9-6-10-26)29-31-30-21-35(29)20-24-7-4-3-5-8-24/h3-5,7-8,11-14,19,21,26,28H,6,9-10,15-18,20H2,1-2H3. The van der Waals surface area contributed by atoms with E-state index in [2.05, 4.69) is 97.3 Å². The molecule has 0 N–H and O–H groups in total. The van der Waals surface area contributed by atoms with Crippen LogP contribution in [0.2, 0.25) is 0 Å². The first-order chi connectivity index (χ1) is 17.7. The molecule has 3 heterocycles. The van der Waals surface area contributed by atoms with Crippen molar-refractivity contribution in [1.29, 1.82) is 0 Å². The van der Waals surface area contributed by atoms with Crippen molar-refractivity contribution in [3.8, 4) is 5.69 Å². The molecule has 4 aromatic rings. The molecule has 7 nitrogen and oxygen atoms in total. The van der Waals surface area contributed by atoms with Crippen molar-refractivity contribution in [3.63, 3.8) is 0 Å². The molecule has 6 rings (SSSR count). The van der Waals surface area contributed by atoms with Gasteiger partial charge in [-0.2, -0.15) is 5.10 Å². The molecule has 2 aromatic carbocycles. The zero-order valence-electron chi connectivity index (χ0n) is 21.3. The van der Waals surface area contributed by atoms with Crippen LogP contribution in [0.1, 0.15) is 53.6 Å². The van der Waals surface area contributed by atoms with Gasteiger partial charge in [-0.3, -0.25) is 9.80 Å². The van der Waals surface area contributed by atoms with Crippen LogP contribution in [0.25, 0.3) is 5.69 Å². The van der Waals surface area contributed by atoms with Gasteiger partial charge in [0.15, 0.2) is 5.82 Å². The van der Waals surface area contributed by atoms with Crippen LogP contribution in [-0.2, 0) is 6.54 Å². The summed E-state index contributed by atoms with van der Waals surface area (Å²) in [7, 11) is 0. The summed E-state index contributed by atoms with van der Waals surface area (Å²) >= 11 is 0. The molecule has 1 aliphatic carbocycles. The molecule has 0 bridgehead atoms. The maximum absolute atomic E-state index is 4.68. The highest BCUT2D eigenvalue weighted by atomic mass is 15.3. The van der Waals surface area contributed by atoms with Crippen molar-refractivity contribution < 1.29 is 0 Å². The van der Waals surface area contributed by atoms with Crippen LogP contribution >= 0.6 is 0 Å². The van der Waals surface area contributed by atoms with E-state index in [1.807, 2.05) is 17.9 Å². The molecule has 2 fully saturated rings. The highest BCUT2D eigenvalue weighted by Gasteiger charge is 2.33. The lowest BCUT2D eigenvalue weighted by Gasteiger charge is -2.44. The molecule has 0 amide bonds. The van der Waals surface area contributed by atoms with Crippen molar-refractivity contribution in [2.24, 2.45) is 0 Å². The van der Waals surface area contributed by atoms with Crippen LogP contribution in [0.5, 0.6) is 0 Å². The second-order valence-electron chi connectivity index (χ2n) is 10.3. The minimum absolute atomic E-state index is 0.0641. The Bertz CT molecular complexity index is 1280.